The Morgan fingerprint density at radius 3 is 2.62 bits per heavy atom. The number of piperidine rings is 1. The molecule has 2 heterocycles. The van der Waals surface area contributed by atoms with Gasteiger partial charge in [-0.05, 0) is 55.5 Å². The summed E-state index contributed by atoms with van der Waals surface area (Å²) in [6.45, 7) is 4.27. The van der Waals surface area contributed by atoms with Crippen molar-refractivity contribution in [3.05, 3.63) is 65.4 Å². The van der Waals surface area contributed by atoms with E-state index in [4.69, 9.17) is 4.74 Å². The van der Waals surface area contributed by atoms with E-state index in [0.717, 1.165) is 53.7 Å². The molecule has 26 heavy (non-hydrogen) atoms. The Kier molecular flexibility index (Phi) is 4.65. The lowest BCUT2D eigenvalue weighted by atomic mass is 10.1. The molecule has 1 fully saturated rings. The molecule has 4 nitrogen and oxygen atoms in total. The number of hydrogen-bond donors (Lipinski definition) is 1. The van der Waals surface area contributed by atoms with Gasteiger partial charge >= 0.3 is 0 Å². The molecule has 0 unspecified atom stereocenters. The summed E-state index contributed by atoms with van der Waals surface area (Å²) in [5.41, 5.74) is 3.83. The number of ether oxygens (including phenoxy) is 1. The van der Waals surface area contributed by atoms with Crippen LogP contribution in [0.2, 0.25) is 0 Å². The number of amides is 1. The largest absolute Gasteiger partial charge is 0.489 e. The monoisotopic (exact) mass is 348 g/mol. The summed E-state index contributed by atoms with van der Waals surface area (Å²) in [5.74, 6) is 0.936. The summed E-state index contributed by atoms with van der Waals surface area (Å²) < 4.78 is 5.93. The quantitative estimate of drug-likeness (QED) is 0.744. The Morgan fingerprint density at radius 1 is 1.08 bits per heavy atom. The predicted octanol–water partition coefficient (Wildman–Crippen LogP) is 4.68. The van der Waals surface area contributed by atoms with Gasteiger partial charge in [0, 0.05) is 24.0 Å². The minimum Gasteiger partial charge on any atom is -0.489 e. The van der Waals surface area contributed by atoms with E-state index in [1.807, 2.05) is 48.2 Å². The molecule has 1 amide bonds. The molecular formula is C22H24N2O2. The summed E-state index contributed by atoms with van der Waals surface area (Å²) in [6, 6.07) is 16.1. The molecule has 0 spiro atoms. The first-order chi connectivity index (χ1) is 12.7. The number of fused-ring (bicyclic) bond motifs is 1. The maximum atomic E-state index is 12.8. The number of aromatic nitrogens is 1. The molecule has 1 aromatic heterocycles. The van der Waals surface area contributed by atoms with Gasteiger partial charge in [-0.25, -0.2) is 0 Å². The van der Waals surface area contributed by atoms with Crippen LogP contribution in [0.25, 0.3) is 10.9 Å². The smallest absolute Gasteiger partial charge is 0.270 e. The van der Waals surface area contributed by atoms with E-state index in [9.17, 15) is 4.79 Å². The molecule has 0 aliphatic carbocycles. The van der Waals surface area contributed by atoms with Crippen molar-refractivity contribution in [2.75, 3.05) is 13.1 Å². The fraction of sp³-hybridized carbons (Fsp3) is 0.318. The van der Waals surface area contributed by atoms with E-state index in [0.29, 0.717) is 12.3 Å². The van der Waals surface area contributed by atoms with Gasteiger partial charge < -0.3 is 14.6 Å². The highest BCUT2D eigenvalue weighted by atomic mass is 16.5. The van der Waals surface area contributed by atoms with Gasteiger partial charge in [0.1, 0.15) is 18.1 Å². The summed E-state index contributed by atoms with van der Waals surface area (Å²) in [6.07, 6.45) is 3.42. The number of H-pyrrole nitrogens is 1. The van der Waals surface area contributed by atoms with Crippen LogP contribution < -0.4 is 4.74 Å². The van der Waals surface area contributed by atoms with Crippen LogP contribution in [0, 0.1) is 6.92 Å². The van der Waals surface area contributed by atoms with Gasteiger partial charge in [-0.3, -0.25) is 4.79 Å². The van der Waals surface area contributed by atoms with Crippen molar-refractivity contribution in [1.82, 2.24) is 9.88 Å². The minimum atomic E-state index is 0.116. The third kappa shape index (κ3) is 3.32. The first-order valence-electron chi connectivity index (χ1n) is 9.31. The van der Waals surface area contributed by atoms with Crippen molar-refractivity contribution in [3.63, 3.8) is 0 Å². The molecule has 1 N–H and O–H groups in total. The number of rotatable bonds is 4. The Bertz CT molecular complexity index is 909. The summed E-state index contributed by atoms with van der Waals surface area (Å²) in [5, 5.41) is 1.05. The predicted molar refractivity (Wildman–Crippen MR) is 104 cm³/mol. The molecule has 1 saturated heterocycles. The van der Waals surface area contributed by atoms with Crippen LogP contribution in [0.1, 0.15) is 40.9 Å². The van der Waals surface area contributed by atoms with E-state index in [-0.39, 0.29) is 5.91 Å². The van der Waals surface area contributed by atoms with Crippen molar-refractivity contribution in [3.8, 4) is 5.75 Å². The normalized spacial score (nSPS) is 14.6. The number of aromatic amines is 1. The number of hydrogen-bond acceptors (Lipinski definition) is 2. The average molecular weight is 348 g/mol. The average Bonchev–Trinajstić information content (AvgIpc) is 3.03. The van der Waals surface area contributed by atoms with Crippen LogP contribution in [0.5, 0.6) is 5.75 Å². The number of likely N-dealkylation sites (tertiary alicyclic amines) is 1. The molecule has 3 aromatic rings. The van der Waals surface area contributed by atoms with Gasteiger partial charge in [-0.15, -0.1) is 0 Å². The first-order valence-corrected chi connectivity index (χ1v) is 9.31. The van der Waals surface area contributed by atoms with Crippen molar-refractivity contribution >= 4 is 16.8 Å². The molecule has 0 saturated carbocycles. The van der Waals surface area contributed by atoms with Gasteiger partial charge in [-0.2, -0.15) is 0 Å². The number of aryl methyl sites for hydroxylation is 1. The van der Waals surface area contributed by atoms with E-state index in [2.05, 4.69) is 17.1 Å². The highest BCUT2D eigenvalue weighted by molar-refractivity contribution is 6.01. The molecule has 0 bridgehead atoms. The minimum absolute atomic E-state index is 0.116. The molecule has 134 valence electrons. The van der Waals surface area contributed by atoms with Gasteiger partial charge in [-0.1, -0.05) is 30.3 Å². The van der Waals surface area contributed by atoms with Gasteiger partial charge in [0.25, 0.3) is 5.91 Å². The highest BCUT2D eigenvalue weighted by Crippen LogP contribution is 2.28. The number of nitrogens with one attached hydrogen (secondary N) is 1. The van der Waals surface area contributed by atoms with Gasteiger partial charge in [0.2, 0.25) is 0 Å². The van der Waals surface area contributed by atoms with Crippen LogP contribution in [-0.4, -0.2) is 28.9 Å². The third-order valence-electron chi connectivity index (χ3n) is 5.14. The first kappa shape index (κ1) is 16.7. The van der Waals surface area contributed by atoms with Crippen LogP contribution in [0.15, 0.2) is 48.5 Å². The lowest BCUT2D eigenvalue weighted by molar-refractivity contribution is 0.0718. The number of benzene rings is 2. The van der Waals surface area contributed by atoms with E-state index >= 15 is 0 Å². The molecule has 4 heteroatoms. The summed E-state index contributed by atoms with van der Waals surface area (Å²) >= 11 is 0. The maximum absolute atomic E-state index is 12.8. The topological polar surface area (TPSA) is 45.3 Å². The van der Waals surface area contributed by atoms with E-state index < -0.39 is 0 Å². The van der Waals surface area contributed by atoms with E-state index in [1.165, 1.54) is 6.42 Å². The molecule has 1 aliphatic rings. The zero-order valence-corrected chi connectivity index (χ0v) is 15.1. The molecule has 2 aromatic carbocycles. The number of nitrogens with zero attached hydrogens (tertiary/aromatic N) is 1. The van der Waals surface area contributed by atoms with Gasteiger partial charge in [0.15, 0.2) is 0 Å². The maximum Gasteiger partial charge on any atom is 0.270 e. The number of carbonyl (C=O) groups excluding carboxylic acids is 1. The lowest BCUT2D eigenvalue weighted by Gasteiger charge is -2.26. The Labute approximate surface area is 153 Å². The molecule has 1 aliphatic heterocycles. The zero-order chi connectivity index (χ0) is 17.9. The SMILES string of the molecule is Cc1c(C(=O)N2CCCCC2)[nH]c2ccc(OCc3ccccc3)cc12. The van der Waals surface area contributed by atoms with Gasteiger partial charge in [0.05, 0.1) is 0 Å². The van der Waals surface area contributed by atoms with E-state index in [1.54, 1.807) is 0 Å². The zero-order valence-electron chi connectivity index (χ0n) is 15.1. The second kappa shape index (κ2) is 7.24. The molecular weight excluding hydrogens is 324 g/mol. The molecule has 4 rings (SSSR count). The Morgan fingerprint density at radius 2 is 1.85 bits per heavy atom. The fourth-order valence-electron chi connectivity index (χ4n) is 3.61. The second-order valence-electron chi connectivity index (χ2n) is 6.96. The second-order valence-corrected chi connectivity index (χ2v) is 6.96. The Balaban J connectivity index is 1.56. The summed E-state index contributed by atoms with van der Waals surface area (Å²) in [7, 11) is 0. The van der Waals surface area contributed by atoms with Crippen LogP contribution >= 0.6 is 0 Å². The molecule has 0 radical (unpaired) electrons. The summed E-state index contributed by atoms with van der Waals surface area (Å²) in [4.78, 5) is 18.1. The van der Waals surface area contributed by atoms with Crippen molar-refractivity contribution in [2.45, 2.75) is 32.8 Å². The van der Waals surface area contributed by atoms with Crippen LogP contribution in [-0.2, 0) is 6.61 Å². The fourth-order valence-corrected chi connectivity index (χ4v) is 3.61. The van der Waals surface area contributed by atoms with Crippen LogP contribution in [0.4, 0.5) is 0 Å². The van der Waals surface area contributed by atoms with Crippen molar-refractivity contribution in [2.24, 2.45) is 0 Å². The highest BCUT2D eigenvalue weighted by Gasteiger charge is 2.22. The lowest BCUT2D eigenvalue weighted by Crippen LogP contribution is -2.36. The van der Waals surface area contributed by atoms with Crippen LogP contribution in [0.3, 0.4) is 0 Å². The van der Waals surface area contributed by atoms with Crippen molar-refractivity contribution in [1.29, 1.82) is 0 Å². The number of carbonyl (C=O) groups is 1. The van der Waals surface area contributed by atoms with Crippen molar-refractivity contribution < 1.29 is 9.53 Å². The standard InChI is InChI=1S/C22H24N2O2/c1-16-19-14-18(26-15-17-8-4-2-5-9-17)10-11-20(19)23-21(16)22(25)24-12-6-3-7-13-24/h2,4-5,8-11,14,23H,3,6-7,12-13,15H2,1H3. The Hall–Kier alpha value is -2.75. The molecule has 0 atom stereocenters. The third-order valence-corrected chi connectivity index (χ3v) is 5.14.